The van der Waals surface area contributed by atoms with Crippen LogP contribution in [0.25, 0.3) is 0 Å². The fraction of sp³-hybridized carbons (Fsp3) is 0.667. The van der Waals surface area contributed by atoms with Gasteiger partial charge in [-0.25, -0.2) is 4.98 Å². The van der Waals surface area contributed by atoms with Gasteiger partial charge >= 0.3 is 0 Å². The minimum atomic E-state index is 0.505. The van der Waals surface area contributed by atoms with Crippen LogP contribution < -0.4 is 10.6 Å². The van der Waals surface area contributed by atoms with Crippen LogP contribution in [0.1, 0.15) is 32.9 Å². The molecule has 0 spiro atoms. The monoisotopic (exact) mass is 264 g/mol. The van der Waals surface area contributed by atoms with Gasteiger partial charge in [0.1, 0.15) is 5.82 Å². The fourth-order valence-corrected chi connectivity index (χ4v) is 2.22. The van der Waals surface area contributed by atoms with Crippen LogP contribution in [0.5, 0.6) is 0 Å². The minimum Gasteiger partial charge on any atom is -0.357 e. The molecule has 0 unspecified atom stereocenters. The van der Waals surface area contributed by atoms with Crippen LogP contribution in [0.15, 0.2) is 18.2 Å². The number of anilines is 1. The summed E-state index contributed by atoms with van der Waals surface area (Å²) in [6.07, 6.45) is 1.17. The van der Waals surface area contributed by atoms with E-state index >= 15 is 0 Å². The molecule has 4 nitrogen and oxygen atoms in total. The topological polar surface area (TPSA) is 45.4 Å². The first-order valence-corrected chi connectivity index (χ1v) is 7.38. The van der Waals surface area contributed by atoms with E-state index < -0.39 is 0 Å². The van der Waals surface area contributed by atoms with Gasteiger partial charge in [0.2, 0.25) is 0 Å². The summed E-state index contributed by atoms with van der Waals surface area (Å²) in [5.41, 5.74) is 6.61. The molecule has 2 N–H and O–H groups in total. The van der Waals surface area contributed by atoms with Crippen LogP contribution in [0.3, 0.4) is 0 Å². The van der Waals surface area contributed by atoms with Crippen molar-refractivity contribution in [3.63, 3.8) is 0 Å². The van der Waals surface area contributed by atoms with Crippen LogP contribution in [-0.4, -0.2) is 42.6 Å². The molecule has 1 rings (SSSR count). The van der Waals surface area contributed by atoms with Crippen LogP contribution in [0, 0.1) is 0 Å². The standard InChI is InChI=1S/C15H28N4/c1-4-18(5-2)11-8-12-19(6-3)15-10-7-9-14(13-16)17-15/h7,9-10H,4-6,8,11-13,16H2,1-3H3. The van der Waals surface area contributed by atoms with Crippen molar-refractivity contribution in [3.05, 3.63) is 23.9 Å². The molecule has 0 atom stereocenters. The molecular weight excluding hydrogens is 236 g/mol. The molecule has 0 aliphatic heterocycles. The molecule has 0 bridgehead atoms. The van der Waals surface area contributed by atoms with Gasteiger partial charge in [0.15, 0.2) is 0 Å². The van der Waals surface area contributed by atoms with Gasteiger partial charge in [-0.1, -0.05) is 19.9 Å². The van der Waals surface area contributed by atoms with Crippen LogP contribution in [0.2, 0.25) is 0 Å². The summed E-state index contributed by atoms with van der Waals surface area (Å²) in [4.78, 5) is 9.37. The summed E-state index contributed by atoms with van der Waals surface area (Å²) in [5.74, 6) is 1.05. The quantitative estimate of drug-likeness (QED) is 0.742. The Bertz CT molecular complexity index is 350. The van der Waals surface area contributed by atoms with Crippen LogP contribution >= 0.6 is 0 Å². The normalized spacial score (nSPS) is 11.0. The average molecular weight is 264 g/mol. The average Bonchev–Trinajstić information content (AvgIpc) is 2.47. The maximum absolute atomic E-state index is 5.65. The van der Waals surface area contributed by atoms with Gasteiger partial charge < -0.3 is 15.5 Å². The van der Waals surface area contributed by atoms with E-state index in [0.717, 1.165) is 44.2 Å². The Kier molecular flexibility index (Phi) is 7.45. The van der Waals surface area contributed by atoms with Gasteiger partial charge in [-0.3, -0.25) is 0 Å². The van der Waals surface area contributed by atoms with Crippen molar-refractivity contribution in [2.45, 2.75) is 33.7 Å². The Morgan fingerprint density at radius 2 is 1.79 bits per heavy atom. The van der Waals surface area contributed by atoms with Gasteiger partial charge in [-0.05, 0) is 45.1 Å². The predicted molar refractivity (Wildman–Crippen MR) is 82.4 cm³/mol. The molecule has 0 aromatic carbocycles. The van der Waals surface area contributed by atoms with E-state index in [2.05, 4.69) is 41.6 Å². The lowest BCUT2D eigenvalue weighted by molar-refractivity contribution is 0.300. The second-order valence-electron chi connectivity index (χ2n) is 4.65. The Morgan fingerprint density at radius 3 is 2.37 bits per heavy atom. The first-order valence-electron chi connectivity index (χ1n) is 7.38. The van der Waals surface area contributed by atoms with E-state index in [9.17, 15) is 0 Å². The maximum atomic E-state index is 5.65. The summed E-state index contributed by atoms with van der Waals surface area (Å²) >= 11 is 0. The summed E-state index contributed by atoms with van der Waals surface area (Å²) in [7, 11) is 0. The number of nitrogens with zero attached hydrogens (tertiary/aromatic N) is 3. The fourth-order valence-electron chi connectivity index (χ4n) is 2.22. The lowest BCUT2D eigenvalue weighted by atomic mass is 10.3. The van der Waals surface area contributed by atoms with Crippen molar-refractivity contribution < 1.29 is 0 Å². The highest BCUT2D eigenvalue weighted by Crippen LogP contribution is 2.11. The van der Waals surface area contributed by atoms with Crippen molar-refractivity contribution in [1.29, 1.82) is 0 Å². The number of hydrogen-bond donors (Lipinski definition) is 1. The molecule has 0 aliphatic rings. The third-order valence-electron chi connectivity index (χ3n) is 3.50. The molecular formula is C15H28N4. The first-order chi connectivity index (χ1) is 9.24. The van der Waals surface area contributed by atoms with Crippen molar-refractivity contribution >= 4 is 5.82 Å². The second kappa shape index (κ2) is 8.88. The molecule has 4 heteroatoms. The molecule has 0 saturated heterocycles. The molecule has 19 heavy (non-hydrogen) atoms. The predicted octanol–water partition coefficient (Wildman–Crippen LogP) is 2.10. The van der Waals surface area contributed by atoms with Crippen LogP contribution in [0.4, 0.5) is 5.82 Å². The number of pyridine rings is 1. The zero-order valence-electron chi connectivity index (χ0n) is 12.6. The number of rotatable bonds is 9. The van der Waals surface area contributed by atoms with E-state index in [1.807, 2.05) is 12.1 Å². The first kappa shape index (κ1) is 15.9. The van der Waals surface area contributed by atoms with Gasteiger partial charge in [0.25, 0.3) is 0 Å². The second-order valence-corrected chi connectivity index (χ2v) is 4.65. The molecule has 0 amide bonds. The minimum absolute atomic E-state index is 0.505. The van der Waals surface area contributed by atoms with E-state index in [-0.39, 0.29) is 0 Å². The molecule has 108 valence electrons. The van der Waals surface area contributed by atoms with E-state index in [1.165, 1.54) is 6.42 Å². The van der Waals surface area contributed by atoms with Crippen molar-refractivity contribution in [2.24, 2.45) is 5.73 Å². The molecule has 1 heterocycles. The largest absolute Gasteiger partial charge is 0.357 e. The van der Waals surface area contributed by atoms with E-state index in [4.69, 9.17) is 5.73 Å². The van der Waals surface area contributed by atoms with E-state index in [1.54, 1.807) is 0 Å². The van der Waals surface area contributed by atoms with Crippen LogP contribution in [-0.2, 0) is 6.54 Å². The highest BCUT2D eigenvalue weighted by molar-refractivity contribution is 5.38. The van der Waals surface area contributed by atoms with Gasteiger partial charge in [-0.2, -0.15) is 0 Å². The molecule has 0 aliphatic carbocycles. The number of hydrogen-bond acceptors (Lipinski definition) is 4. The van der Waals surface area contributed by atoms with Gasteiger partial charge in [0, 0.05) is 19.6 Å². The van der Waals surface area contributed by atoms with Gasteiger partial charge in [0.05, 0.1) is 5.69 Å². The third-order valence-corrected chi connectivity index (χ3v) is 3.50. The smallest absolute Gasteiger partial charge is 0.128 e. The van der Waals surface area contributed by atoms with Crippen molar-refractivity contribution in [2.75, 3.05) is 37.6 Å². The molecule has 0 fully saturated rings. The Morgan fingerprint density at radius 1 is 1.05 bits per heavy atom. The summed E-state index contributed by atoms with van der Waals surface area (Å²) < 4.78 is 0. The summed E-state index contributed by atoms with van der Waals surface area (Å²) in [5, 5.41) is 0. The Hall–Kier alpha value is -1.13. The highest BCUT2D eigenvalue weighted by atomic mass is 15.2. The lowest BCUT2D eigenvalue weighted by Crippen LogP contribution is -2.30. The van der Waals surface area contributed by atoms with Gasteiger partial charge in [-0.15, -0.1) is 0 Å². The zero-order valence-corrected chi connectivity index (χ0v) is 12.6. The number of aromatic nitrogens is 1. The maximum Gasteiger partial charge on any atom is 0.128 e. The summed E-state index contributed by atoms with van der Waals surface area (Å²) in [6, 6.07) is 6.09. The third kappa shape index (κ3) is 5.17. The SMILES string of the molecule is CCN(CC)CCCN(CC)c1cccc(CN)n1. The molecule has 1 aromatic rings. The summed E-state index contributed by atoms with van der Waals surface area (Å²) in [6.45, 7) is 12.6. The molecule has 1 aromatic heterocycles. The lowest BCUT2D eigenvalue weighted by Gasteiger charge is -2.24. The Balaban J connectivity index is 2.52. The Labute approximate surface area is 117 Å². The van der Waals surface area contributed by atoms with Crippen molar-refractivity contribution in [3.8, 4) is 0 Å². The van der Waals surface area contributed by atoms with Crippen molar-refractivity contribution in [1.82, 2.24) is 9.88 Å². The number of nitrogens with two attached hydrogens (primary N) is 1. The highest BCUT2D eigenvalue weighted by Gasteiger charge is 2.07. The molecule has 0 saturated carbocycles. The zero-order chi connectivity index (χ0) is 14.1. The molecule has 0 radical (unpaired) electrons. The van der Waals surface area contributed by atoms with E-state index in [0.29, 0.717) is 6.54 Å².